The van der Waals surface area contributed by atoms with Crippen LogP contribution in [0.15, 0.2) is 59.1 Å². The van der Waals surface area contributed by atoms with Crippen LogP contribution in [0.2, 0.25) is 0 Å². The molecule has 1 fully saturated rings. The predicted octanol–water partition coefficient (Wildman–Crippen LogP) is 2.71. The van der Waals surface area contributed by atoms with Gasteiger partial charge in [-0.3, -0.25) is 9.78 Å². The molecule has 1 aromatic heterocycles. The first kappa shape index (κ1) is 21.4. The van der Waals surface area contributed by atoms with Gasteiger partial charge in [-0.15, -0.1) is 4.40 Å². The number of piperidine rings is 1. The molecule has 0 bridgehead atoms. The highest BCUT2D eigenvalue weighted by Crippen LogP contribution is 2.29. The lowest BCUT2D eigenvalue weighted by Gasteiger charge is -2.33. The van der Waals surface area contributed by atoms with Gasteiger partial charge in [-0.1, -0.05) is 30.3 Å². The van der Waals surface area contributed by atoms with Crippen molar-refractivity contribution in [1.82, 2.24) is 9.88 Å². The first-order valence-corrected chi connectivity index (χ1v) is 12.5. The Morgan fingerprint density at radius 3 is 2.88 bits per heavy atom. The van der Waals surface area contributed by atoms with Gasteiger partial charge in [0.05, 0.1) is 29.0 Å². The van der Waals surface area contributed by atoms with Crippen molar-refractivity contribution in [3.05, 3.63) is 71.4 Å². The molecular weight excluding hydrogens is 440 g/mol. The lowest BCUT2D eigenvalue weighted by atomic mass is 9.97. The Morgan fingerprint density at radius 2 is 2.00 bits per heavy atom. The van der Waals surface area contributed by atoms with E-state index in [0.717, 1.165) is 23.7 Å². The number of likely N-dealkylation sites (tertiary alicyclic amines) is 1. The summed E-state index contributed by atoms with van der Waals surface area (Å²) in [6.45, 7) is 1.68. The molecule has 3 aromatic rings. The summed E-state index contributed by atoms with van der Waals surface area (Å²) in [5.74, 6) is 0.435. The predicted molar refractivity (Wildman–Crippen MR) is 126 cm³/mol. The van der Waals surface area contributed by atoms with E-state index in [1.807, 2.05) is 29.2 Å². The average Bonchev–Trinajstić information content (AvgIpc) is 2.81. The van der Waals surface area contributed by atoms with Crippen molar-refractivity contribution in [2.24, 2.45) is 16.0 Å². The first-order valence-electron chi connectivity index (χ1n) is 10.9. The second kappa shape index (κ2) is 8.47. The number of carbonyl (C=O) groups is 1. The van der Waals surface area contributed by atoms with Crippen molar-refractivity contribution in [1.29, 1.82) is 0 Å². The minimum Gasteiger partial charge on any atom is -0.492 e. The van der Waals surface area contributed by atoms with Crippen LogP contribution < -0.4 is 10.5 Å². The number of aromatic nitrogens is 1. The fourth-order valence-corrected chi connectivity index (χ4v) is 5.67. The van der Waals surface area contributed by atoms with Gasteiger partial charge in [-0.05, 0) is 36.6 Å². The van der Waals surface area contributed by atoms with Gasteiger partial charge in [0.25, 0.3) is 15.9 Å². The Bertz CT molecular complexity index is 1360. The number of hydrogen-bond acceptors (Lipinski definition) is 6. The van der Waals surface area contributed by atoms with E-state index < -0.39 is 10.0 Å². The van der Waals surface area contributed by atoms with Crippen LogP contribution in [-0.2, 0) is 15.8 Å². The molecule has 33 heavy (non-hydrogen) atoms. The molecule has 0 radical (unpaired) electrons. The topological polar surface area (TPSA) is 115 Å². The summed E-state index contributed by atoms with van der Waals surface area (Å²) < 4.78 is 33.5. The standard InChI is InChI=1S/C24H24N4O4S/c25-23-22-17(15-33(30,31)27-23)6-3-9-21(22)32-14-16-5-4-12-28(13-16)24(29)19-10-11-26-20-8-2-1-7-18(19)20/h1-3,6-11,16H,4-5,12-15H2,(H2,25,27)/t16-/m0/s1. The molecule has 2 aliphatic heterocycles. The molecule has 2 aliphatic rings. The van der Waals surface area contributed by atoms with Crippen LogP contribution in [0.4, 0.5) is 0 Å². The summed E-state index contributed by atoms with van der Waals surface area (Å²) in [4.78, 5) is 19.5. The highest BCUT2D eigenvalue weighted by Gasteiger charge is 2.28. The molecule has 0 spiro atoms. The molecule has 1 amide bonds. The molecule has 9 heteroatoms. The van der Waals surface area contributed by atoms with Crippen molar-refractivity contribution in [3.63, 3.8) is 0 Å². The molecule has 8 nitrogen and oxygen atoms in total. The van der Waals surface area contributed by atoms with Crippen LogP contribution in [0, 0.1) is 5.92 Å². The molecule has 170 valence electrons. The quantitative estimate of drug-likeness (QED) is 0.635. The molecular formula is C24H24N4O4S. The molecule has 1 saturated heterocycles. The maximum absolute atomic E-state index is 13.3. The lowest BCUT2D eigenvalue weighted by molar-refractivity contribution is 0.0635. The monoisotopic (exact) mass is 464 g/mol. The highest BCUT2D eigenvalue weighted by molar-refractivity contribution is 7.89. The van der Waals surface area contributed by atoms with Crippen molar-refractivity contribution in [2.75, 3.05) is 19.7 Å². The Kier molecular flexibility index (Phi) is 5.49. The van der Waals surface area contributed by atoms with Gasteiger partial charge in [0.1, 0.15) is 11.6 Å². The summed E-state index contributed by atoms with van der Waals surface area (Å²) in [7, 11) is -3.60. The van der Waals surface area contributed by atoms with Gasteiger partial charge in [0, 0.05) is 30.6 Å². The molecule has 2 N–H and O–H groups in total. The number of para-hydroxylation sites is 1. The third kappa shape index (κ3) is 4.28. The lowest BCUT2D eigenvalue weighted by Crippen LogP contribution is -2.41. The number of benzene rings is 2. The second-order valence-corrected chi connectivity index (χ2v) is 10.1. The van der Waals surface area contributed by atoms with Crippen molar-refractivity contribution >= 4 is 32.7 Å². The number of nitrogens with two attached hydrogens (primary N) is 1. The Balaban J connectivity index is 1.31. The first-order chi connectivity index (χ1) is 15.9. The maximum Gasteiger partial charge on any atom is 0.259 e. The van der Waals surface area contributed by atoms with E-state index in [4.69, 9.17) is 10.5 Å². The minimum atomic E-state index is -3.60. The second-order valence-electron chi connectivity index (χ2n) is 8.44. The zero-order valence-corrected chi connectivity index (χ0v) is 18.8. The van der Waals surface area contributed by atoms with E-state index in [9.17, 15) is 13.2 Å². The van der Waals surface area contributed by atoms with E-state index in [0.29, 0.717) is 42.1 Å². The molecule has 0 unspecified atom stereocenters. The summed E-state index contributed by atoms with van der Waals surface area (Å²) in [6.07, 6.45) is 3.50. The van der Waals surface area contributed by atoms with Crippen LogP contribution in [0.1, 0.15) is 34.3 Å². The van der Waals surface area contributed by atoms with Gasteiger partial charge in [0.15, 0.2) is 0 Å². The maximum atomic E-state index is 13.3. The number of amidine groups is 1. The zero-order valence-electron chi connectivity index (χ0n) is 18.0. The average molecular weight is 465 g/mol. The zero-order chi connectivity index (χ0) is 23.0. The van der Waals surface area contributed by atoms with E-state index in [1.165, 1.54) is 0 Å². The Labute approximate surface area is 192 Å². The minimum absolute atomic E-state index is 0.00280. The summed E-state index contributed by atoms with van der Waals surface area (Å²) in [6, 6.07) is 14.7. The molecule has 2 aromatic carbocycles. The number of carbonyl (C=O) groups excluding carboxylic acids is 1. The molecule has 0 aliphatic carbocycles. The van der Waals surface area contributed by atoms with Gasteiger partial charge in [-0.25, -0.2) is 8.42 Å². The normalized spacial score (nSPS) is 19.6. The fraction of sp³-hybridized carbons (Fsp3) is 0.292. The van der Waals surface area contributed by atoms with Crippen molar-refractivity contribution < 1.29 is 17.9 Å². The Morgan fingerprint density at radius 1 is 1.15 bits per heavy atom. The van der Waals surface area contributed by atoms with Gasteiger partial charge in [0.2, 0.25) is 0 Å². The third-order valence-electron chi connectivity index (χ3n) is 6.10. The smallest absolute Gasteiger partial charge is 0.259 e. The summed E-state index contributed by atoms with van der Waals surface area (Å²) in [5, 5.41) is 0.851. The Hall–Kier alpha value is -3.46. The van der Waals surface area contributed by atoms with Crippen LogP contribution >= 0.6 is 0 Å². The fourth-order valence-electron chi connectivity index (χ4n) is 4.58. The molecule has 0 saturated carbocycles. The van der Waals surface area contributed by atoms with E-state index in [2.05, 4.69) is 9.38 Å². The number of hydrogen-bond donors (Lipinski definition) is 1. The van der Waals surface area contributed by atoms with Crippen LogP contribution in [0.5, 0.6) is 5.75 Å². The SMILES string of the molecule is NC1=NS(=O)(=O)Cc2cccc(OC[C@H]3CCCN(C(=O)c4ccnc5ccccc45)C3)c21. The van der Waals surface area contributed by atoms with Gasteiger partial charge in [-0.2, -0.15) is 0 Å². The van der Waals surface area contributed by atoms with Crippen LogP contribution in [0.25, 0.3) is 10.9 Å². The number of sulfonamides is 1. The van der Waals surface area contributed by atoms with E-state index in [1.54, 1.807) is 30.5 Å². The van der Waals surface area contributed by atoms with Gasteiger partial charge < -0.3 is 15.4 Å². The summed E-state index contributed by atoms with van der Waals surface area (Å²) in [5.41, 5.74) is 8.52. The van der Waals surface area contributed by atoms with Crippen molar-refractivity contribution in [3.8, 4) is 5.75 Å². The number of rotatable bonds is 4. The van der Waals surface area contributed by atoms with E-state index in [-0.39, 0.29) is 23.4 Å². The number of ether oxygens (including phenoxy) is 1. The number of fused-ring (bicyclic) bond motifs is 2. The van der Waals surface area contributed by atoms with Crippen LogP contribution in [-0.4, -0.2) is 49.7 Å². The number of nitrogens with zero attached hydrogens (tertiary/aromatic N) is 3. The number of amides is 1. The van der Waals surface area contributed by atoms with E-state index >= 15 is 0 Å². The number of pyridine rings is 1. The van der Waals surface area contributed by atoms with Crippen LogP contribution in [0.3, 0.4) is 0 Å². The van der Waals surface area contributed by atoms with Gasteiger partial charge >= 0.3 is 0 Å². The third-order valence-corrected chi connectivity index (χ3v) is 7.25. The highest BCUT2D eigenvalue weighted by atomic mass is 32.2. The molecule has 5 rings (SSSR count). The summed E-state index contributed by atoms with van der Waals surface area (Å²) >= 11 is 0. The molecule has 1 atom stereocenters. The largest absolute Gasteiger partial charge is 0.492 e. The van der Waals surface area contributed by atoms with Crippen molar-refractivity contribution in [2.45, 2.75) is 18.6 Å². The molecule has 3 heterocycles.